The maximum absolute atomic E-state index is 11.3. The van der Waals surface area contributed by atoms with Gasteiger partial charge in [-0.3, -0.25) is 4.79 Å². The molecule has 1 amide bonds. The molecule has 1 rings (SSSR count). The predicted octanol–water partition coefficient (Wildman–Crippen LogP) is 0.344. The van der Waals surface area contributed by atoms with E-state index in [0.717, 1.165) is 0 Å². The molecule has 0 aliphatic carbocycles. The molecule has 3 heteroatoms. The lowest BCUT2D eigenvalue weighted by Gasteiger charge is -2.22. The second-order valence-electron chi connectivity index (χ2n) is 3.95. The minimum Gasteiger partial charge on any atom is -0.338 e. The zero-order chi connectivity index (χ0) is 8.65. The topological polar surface area (TPSA) is 46.3 Å². The average molecular weight is 156 g/mol. The highest BCUT2D eigenvalue weighted by atomic mass is 16.2. The van der Waals surface area contributed by atoms with Crippen molar-refractivity contribution < 1.29 is 4.79 Å². The lowest BCUT2D eigenvalue weighted by atomic mass is 10.0. The number of nitrogens with zero attached hydrogens (tertiary/aromatic N) is 1. The Labute approximate surface area is 67.5 Å². The molecule has 1 heterocycles. The van der Waals surface area contributed by atoms with Crippen LogP contribution >= 0.6 is 0 Å². The summed E-state index contributed by atoms with van der Waals surface area (Å²) in [4.78, 5) is 13.1. The molecule has 0 saturated carbocycles. The molecule has 0 spiro atoms. The Balaban J connectivity index is 2.67. The lowest BCUT2D eigenvalue weighted by Crippen LogP contribution is -2.41. The average Bonchev–Trinajstić information content (AvgIpc) is 2.05. The van der Waals surface area contributed by atoms with Gasteiger partial charge in [-0.05, 0) is 20.8 Å². The smallest absolute Gasteiger partial charge is 0.224 e. The molecule has 0 unspecified atom stereocenters. The highest BCUT2D eigenvalue weighted by molar-refractivity contribution is 5.80. The molecule has 0 radical (unpaired) electrons. The van der Waals surface area contributed by atoms with Gasteiger partial charge in [0.15, 0.2) is 0 Å². The van der Waals surface area contributed by atoms with Crippen molar-refractivity contribution in [2.24, 2.45) is 5.73 Å². The molecular weight excluding hydrogens is 140 g/mol. The van der Waals surface area contributed by atoms with Crippen LogP contribution in [0, 0.1) is 0 Å². The highest BCUT2D eigenvalue weighted by Gasteiger charge is 2.37. The second kappa shape index (κ2) is 2.48. The fourth-order valence-corrected chi connectivity index (χ4v) is 1.45. The minimum absolute atomic E-state index is 0.185. The van der Waals surface area contributed by atoms with Gasteiger partial charge in [-0.15, -0.1) is 0 Å². The van der Waals surface area contributed by atoms with Crippen LogP contribution in [-0.4, -0.2) is 28.9 Å². The summed E-state index contributed by atoms with van der Waals surface area (Å²) in [6.07, 6.45) is 0.491. The van der Waals surface area contributed by atoms with E-state index in [0.29, 0.717) is 13.0 Å². The quantitative estimate of drug-likeness (QED) is 0.595. The number of carbonyl (C=O) groups excluding carboxylic acids is 1. The van der Waals surface area contributed by atoms with Crippen molar-refractivity contribution in [1.82, 2.24) is 4.90 Å². The van der Waals surface area contributed by atoms with Crippen LogP contribution < -0.4 is 5.73 Å². The molecule has 11 heavy (non-hydrogen) atoms. The Morgan fingerprint density at radius 3 is 2.36 bits per heavy atom. The fraction of sp³-hybridized carbons (Fsp3) is 0.875. The maximum Gasteiger partial charge on any atom is 0.224 e. The van der Waals surface area contributed by atoms with Crippen molar-refractivity contribution in [3.8, 4) is 0 Å². The third kappa shape index (κ3) is 1.71. The first-order valence-electron chi connectivity index (χ1n) is 4.01. The number of hydrogen-bond donors (Lipinski definition) is 1. The van der Waals surface area contributed by atoms with Crippen LogP contribution in [0.5, 0.6) is 0 Å². The molecule has 2 N–H and O–H groups in total. The molecule has 1 aliphatic heterocycles. The summed E-state index contributed by atoms with van der Waals surface area (Å²) in [5.41, 5.74) is 5.53. The van der Waals surface area contributed by atoms with Gasteiger partial charge >= 0.3 is 0 Å². The van der Waals surface area contributed by atoms with Gasteiger partial charge in [0.2, 0.25) is 5.91 Å². The van der Waals surface area contributed by atoms with Crippen LogP contribution in [-0.2, 0) is 4.79 Å². The molecule has 3 nitrogen and oxygen atoms in total. The van der Waals surface area contributed by atoms with E-state index in [1.165, 1.54) is 0 Å². The van der Waals surface area contributed by atoms with Crippen molar-refractivity contribution in [2.45, 2.75) is 38.8 Å². The van der Waals surface area contributed by atoms with Crippen LogP contribution in [0.2, 0.25) is 0 Å². The number of rotatable bonds is 1. The first-order valence-corrected chi connectivity index (χ1v) is 4.01. The van der Waals surface area contributed by atoms with Crippen LogP contribution in [0.4, 0.5) is 0 Å². The van der Waals surface area contributed by atoms with Gasteiger partial charge in [0.05, 0.1) is 0 Å². The van der Waals surface area contributed by atoms with E-state index in [1.807, 2.05) is 25.7 Å². The van der Waals surface area contributed by atoms with Gasteiger partial charge in [0.25, 0.3) is 0 Å². The fourth-order valence-electron chi connectivity index (χ4n) is 1.45. The molecule has 1 fully saturated rings. The summed E-state index contributed by atoms with van der Waals surface area (Å²) in [6.45, 7) is 6.65. The monoisotopic (exact) mass is 156 g/mol. The Kier molecular flexibility index (Phi) is 1.92. The first-order chi connectivity index (χ1) is 4.92. The molecule has 0 aromatic heterocycles. The van der Waals surface area contributed by atoms with Crippen molar-refractivity contribution in [2.75, 3.05) is 6.54 Å². The summed E-state index contributed by atoms with van der Waals surface area (Å²) in [5.74, 6) is 0.185. The number of carbonyl (C=O) groups is 1. The normalized spacial score (nSPS) is 32.1. The van der Waals surface area contributed by atoms with E-state index < -0.39 is 0 Å². The summed E-state index contributed by atoms with van der Waals surface area (Å²) < 4.78 is 0. The maximum atomic E-state index is 11.3. The van der Waals surface area contributed by atoms with Crippen molar-refractivity contribution in [3.05, 3.63) is 0 Å². The Hall–Kier alpha value is -0.570. The zero-order valence-electron chi connectivity index (χ0n) is 7.42. The number of likely N-dealkylation sites (tertiary alicyclic amines) is 1. The summed E-state index contributed by atoms with van der Waals surface area (Å²) >= 11 is 0. The van der Waals surface area contributed by atoms with Crippen molar-refractivity contribution in [3.63, 3.8) is 0 Å². The first kappa shape index (κ1) is 8.53. The minimum atomic E-state index is -0.304. The van der Waals surface area contributed by atoms with Crippen LogP contribution in [0.3, 0.4) is 0 Å². The Bertz CT molecular complexity index is 175. The van der Waals surface area contributed by atoms with Gasteiger partial charge in [0, 0.05) is 24.5 Å². The SMILES string of the molecule is CC(C)N1C[C@@](C)(N)CC1=O. The van der Waals surface area contributed by atoms with Gasteiger partial charge in [0.1, 0.15) is 0 Å². The van der Waals surface area contributed by atoms with Crippen LogP contribution in [0.15, 0.2) is 0 Å². The number of hydrogen-bond acceptors (Lipinski definition) is 2. The molecule has 0 aromatic rings. The summed E-state index contributed by atoms with van der Waals surface area (Å²) in [7, 11) is 0. The molecular formula is C8H16N2O. The van der Waals surface area contributed by atoms with E-state index in [1.54, 1.807) is 0 Å². The summed E-state index contributed by atoms with van der Waals surface area (Å²) in [5, 5.41) is 0. The Morgan fingerprint density at radius 1 is 1.64 bits per heavy atom. The third-order valence-corrected chi connectivity index (χ3v) is 2.03. The standard InChI is InChI=1S/C8H16N2O/c1-6(2)10-5-8(3,9)4-7(10)11/h6H,4-5,9H2,1-3H3/t8-/m0/s1. The lowest BCUT2D eigenvalue weighted by molar-refractivity contribution is -0.129. The highest BCUT2D eigenvalue weighted by Crippen LogP contribution is 2.20. The van der Waals surface area contributed by atoms with Crippen LogP contribution in [0.1, 0.15) is 27.2 Å². The molecule has 64 valence electrons. The third-order valence-electron chi connectivity index (χ3n) is 2.03. The van der Waals surface area contributed by atoms with E-state index >= 15 is 0 Å². The van der Waals surface area contributed by atoms with E-state index in [4.69, 9.17) is 5.73 Å². The molecule has 1 atom stereocenters. The van der Waals surface area contributed by atoms with Crippen LogP contribution in [0.25, 0.3) is 0 Å². The molecule has 0 aromatic carbocycles. The summed E-state index contributed by atoms with van der Waals surface area (Å²) in [6, 6.07) is 0.285. The van der Waals surface area contributed by atoms with Gasteiger partial charge in [-0.2, -0.15) is 0 Å². The Morgan fingerprint density at radius 2 is 2.18 bits per heavy atom. The van der Waals surface area contributed by atoms with Gasteiger partial charge in [-0.25, -0.2) is 0 Å². The molecule has 1 saturated heterocycles. The predicted molar refractivity (Wildman–Crippen MR) is 44.1 cm³/mol. The van der Waals surface area contributed by atoms with Gasteiger partial charge in [-0.1, -0.05) is 0 Å². The number of amides is 1. The van der Waals surface area contributed by atoms with Gasteiger partial charge < -0.3 is 10.6 Å². The van der Waals surface area contributed by atoms with E-state index in [-0.39, 0.29) is 17.5 Å². The van der Waals surface area contributed by atoms with Crippen molar-refractivity contribution >= 4 is 5.91 Å². The largest absolute Gasteiger partial charge is 0.338 e. The zero-order valence-corrected chi connectivity index (χ0v) is 7.42. The molecule has 0 bridgehead atoms. The second-order valence-corrected chi connectivity index (χ2v) is 3.95. The van der Waals surface area contributed by atoms with E-state index in [9.17, 15) is 4.79 Å². The molecule has 1 aliphatic rings. The van der Waals surface area contributed by atoms with E-state index in [2.05, 4.69) is 0 Å². The number of nitrogens with two attached hydrogens (primary N) is 1. The van der Waals surface area contributed by atoms with Crippen molar-refractivity contribution in [1.29, 1.82) is 0 Å².